The molecule has 0 radical (unpaired) electrons. The number of halogens is 4. The molecule has 1 fully saturated rings. The largest absolute Gasteiger partial charge is 0.494 e. The number of hydrogen-bond acceptors (Lipinski definition) is 4. The van der Waals surface area contributed by atoms with E-state index in [1.807, 2.05) is 36.4 Å². The Morgan fingerprint density at radius 3 is 2.09 bits per heavy atom. The van der Waals surface area contributed by atoms with E-state index in [1.54, 1.807) is 35.2 Å². The van der Waals surface area contributed by atoms with Gasteiger partial charge in [0.25, 0.3) is 5.91 Å². The minimum absolute atomic E-state index is 0.0138. The zero-order valence-electron chi connectivity index (χ0n) is 25.6. The van der Waals surface area contributed by atoms with Crippen molar-refractivity contribution in [2.45, 2.75) is 31.5 Å². The number of amides is 1. The topological polar surface area (TPSA) is 42.0 Å². The first kappa shape index (κ1) is 33.5. The van der Waals surface area contributed by atoms with E-state index in [9.17, 15) is 18.0 Å². The first-order chi connectivity index (χ1) is 22.3. The summed E-state index contributed by atoms with van der Waals surface area (Å²) in [6.07, 6.45) is -3.02. The Balaban J connectivity index is 1.24. The lowest BCUT2D eigenvalue weighted by atomic mass is 9.90. The van der Waals surface area contributed by atoms with Crippen LogP contribution in [0.2, 0.25) is 5.02 Å². The van der Waals surface area contributed by atoms with E-state index in [4.69, 9.17) is 21.1 Å². The number of benzene rings is 4. The molecule has 46 heavy (non-hydrogen) atoms. The number of nitrogens with zero attached hydrogens (tertiary/aromatic N) is 2. The van der Waals surface area contributed by atoms with Crippen LogP contribution in [0.5, 0.6) is 5.75 Å². The Hall–Kier alpha value is -3.85. The molecular weight excluding hydrogens is 613 g/mol. The maximum atomic E-state index is 13.7. The molecule has 1 aliphatic rings. The lowest BCUT2D eigenvalue weighted by molar-refractivity contribution is -0.137. The van der Waals surface area contributed by atoms with Gasteiger partial charge >= 0.3 is 6.18 Å². The standard InChI is InChI=1S/C37H38ClF3N2O3/c38-35-31(14-9-15-34(35)37(39,40)41)26-42(27-33(28-10-3-1-4-11-28)29-12-5-2-6-13-29)20-7-8-23-46-32-18-16-30(17-19-32)36(44)43-21-24-45-25-22-43/h1-6,9-19,33H,7-8,20-27H2. The van der Waals surface area contributed by atoms with Crippen LogP contribution >= 0.6 is 11.6 Å². The predicted octanol–water partition coefficient (Wildman–Crippen LogP) is 8.32. The summed E-state index contributed by atoms with van der Waals surface area (Å²) in [7, 11) is 0. The monoisotopic (exact) mass is 650 g/mol. The molecule has 1 saturated heterocycles. The van der Waals surface area contributed by atoms with Gasteiger partial charge in [-0.3, -0.25) is 9.69 Å². The van der Waals surface area contributed by atoms with Gasteiger partial charge in [-0.1, -0.05) is 84.4 Å². The summed E-state index contributed by atoms with van der Waals surface area (Å²) in [5.41, 5.74) is 2.50. The van der Waals surface area contributed by atoms with E-state index in [1.165, 1.54) is 6.07 Å². The summed E-state index contributed by atoms with van der Waals surface area (Å²) in [5.74, 6) is 0.682. The Morgan fingerprint density at radius 2 is 1.48 bits per heavy atom. The van der Waals surface area contributed by atoms with Crippen molar-refractivity contribution < 1.29 is 27.4 Å². The van der Waals surface area contributed by atoms with Gasteiger partial charge in [0, 0.05) is 37.7 Å². The van der Waals surface area contributed by atoms with Gasteiger partial charge in [0.1, 0.15) is 5.75 Å². The van der Waals surface area contributed by atoms with E-state index in [0.29, 0.717) is 62.9 Å². The van der Waals surface area contributed by atoms with Gasteiger partial charge in [-0.05, 0) is 66.4 Å². The molecule has 1 heterocycles. The second-order valence-electron chi connectivity index (χ2n) is 11.4. The van der Waals surface area contributed by atoms with E-state index in [2.05, 4.69) is 29.2 Å². The molecule has 1 aliphatic heterocycles. The lowest BCUT2D eigenvalue weighted by Crippen LogP contribution is -2.40. The van der Waals surface area contributed by atoms with Gasteiger partial charge in [-0.25, -0.2) is 0 Å². The third kappa shape index (κ3) is 9.12. The second-order valence-corrected chi connectivity index (χ2v) is 11.7. The highest BCUT2D eigenvalue weighted by molar-refractivity contribution is 6.32. The molecule has 4 aromatic rings. The van der Waals surface area contributed by atoms with Crippen LogP contribution in [-0.2, 0) is 17.5 Å². The van der Waals surface area contributed by atoms with Crippen LogP contribution in [0.3, 0.4) is 0 Å². The van der Waals surface area contributed by atoms with E-state index in [-0.39, 0.29) is 23.4 Å². The van der Waals surface area contributed by atoms with E-state index >= 15 is 0 Å². The molecule has 1 amide bonds. The number of ether oxygens (including phenoxy) is 2. The molecular formula is C37H38ClF3N2O3. The average molecular weight is 651 g/mol. The Morgan fingerprint density at radius 1 is 0.848 bits per heavy atom. The van der Waals surface area contributed by atoms with Crippen molar-refractivity contribution in [3.05, 3.63) is 136 Å². The number of hydrogen-bond donors (Lipinski definition) is 0. The summed E-state index contributed by atoms with van der Waals surface area (Å²) >= 11 is 6.34. The third-order valence-electron chi connectivity index (χ3n) is 8.16. The van der Waals surface area contributed by atoms with Crippen molar-refractivity contribution in [2.24, 2.45) is 0 Å². The fraction of sp³-hybridized carbons (Fsp3) is 0.324. The number of carbonyl (C=O) groups is 1. The molecule has 5 rings (SSSR count). The normalized spacial score (nSPS) is 13.7. The molecule has 0 saturated carbocycles. The number of rotatable bonds is 13. The van der Waals surface area contributed by atoms with Crippen molar-refractivity contribution in [1.29, 1.82) is 0 Å². The van der Waals surface area contributed by atoms with Crippen molar-refractivity contribution in [1.82, 2.24) is 9.80 Å². The van der Waals surface area contributed by atoms with Crippen LogP contribution in [0.4, 0.5) is 13.2 Å². The summed E-state index contributed by atoms with van der Waals surface area (Å²) in [6, 6.07) is 31.6. The Kier molecular flexibility index (Phi) is 11.7. The molecule has 0 aromatic heterocycles. The van der Waals surface area contributed by atoms with Crippen LogP contribution in [0.15, 0.2) is 103 Å². The highest BCUT2D eigenvalue weighted by Crippen LogP contribution is 2.37. The zero-order chi connectivity index (χ0) is 32.4. The van der Waals surface area contributed by atoms with Crippen LogP contribution < -0.4 is 4.74 Å². The van der Waals surface area contributed by atoms with Crippen LogP contribution in [0, 0.1) is 0 Å². The zero-order valence-corrected chi connectivity index (χ0v) is 26.4. The molecule has 0 spiro atoms. The molecule has 0 atom stereocenters. The highest BCUT2D eigenvalue weighted by atomic mass is 35.5. The number of unbranched alkanes of at least 4 members (excludes halogenated alkanes) is 1. The van der Waals surface area contributed by atoms with Crippen molar-refractivity contribution in [2.75, 3.05) is 46.0 Å². The lowest BCUT2D eigenvalue weighted by Gasteiger charge is -2.29. The maximum absolute atomic E-state index is 13.7. The minimum Gasteiger partial charge on any atom is -0.494 e. The molecule has 242 valence electrons. The maximum Gasteiger partial charge on any atom is 0.417 e. The molecule has 0 N–H and O–H groups in total. The molecule has 0 unspecified atom stereocenters. The predicted molar refractivity (Wildman–Crippen MR) is 174 cm³/mol. The minimum atomic E-state index is -4.53. The Labute approximate surface area is 273 Å². The molecule has 0 bridgehead atoms. The fourth-order valence-electron chi connectivity index (χ4n) is 5.70. The van der Waals surface area contributed by atoms with Gasteiger partial charge < -0.3 is 14.4 Å². The molecule has 9 heteroatoms. The molecule has 0 aliphatic carbocycles. The summed E-state index contributed by atoms with van der Waals surface area (Å²) < 4.78 is 52.3. The van der Waals surface area contributed by atoms with Crippen molar-refractivity contribution in [3.63, 3.8) is 0 Å². The van der Waals surface area contributed by atoms with Crippen LogP contribution in [0.1, 0.15) is 51.4 Å². The van der Waals surface area contributed by atoms with Crippen molar-refractivity contribution >= 4 is 17.5 Å². The second kappa shape index (κ2) is 16.1. The van der Waals surface area contributed by atoms with Gasteiger partial charge in [0.15, 0.2) is 0 Å². The van der Waals surface area contributed by atoms with E-state index in [0.717, 1.165) is 30.0 Å². The smallest absolute Gasteiger partial charge is 0.417 e. The summed E-state index contributed by atoms with van der Waals surface area (Å²) in [4.78, 5) is 16.7. The number of carbonyl (C=O) groups excluding carboxylic acids is 1. The fourth-order valence-corrected chi connectivity index (χ4v) is 5.99. The van der Waals surface area contributed by atoms with Gasteiger partial charge in [-0.15, -0.1) is 0 Å². The molecule has 4 aromatic carbocycles. The number of morpholine rings is 1. The average Bonchev–Trinajstić information content (AvgIpc) is 3.08. The van der Waals surface area contributed by atoms with Gasteiger partial charge in [-0.2, -0.15) is 13.2 Å². The SMILES string of the molecule is O=C(c1ccc(OCCCCN(Cc2cccc(C(F)(F)F)c2Cl)CC(c2ccccc2)c2ccccc2)cc1)N1CCOCC1. The first-order valence-electron chi connectivity index (χ1n) is 15.6. The highest BCUT2D eigenvalue weighted by Gasteiger charge is 2.34. The third-order valence-corrected chi connectivity index (χ3v) is 8.61. The van der Waals surface area contributed by atoms with Gasteiger partial charge in [0.05, 0.1) is 30.4 Å². The number of alkyl halides is 3. The molecule has 5 nitrogen and oxygen atoms in total. The van der Waals surface area contributed by atoms with Gasteiger partial charge in [0.2, 0.25) is 0 Å². The van der Waals surface area contributed by atoms with E-state index < -0.39 is 11.7 Å². The van der Waals surface area contributed by atoms with Crippen LogP contribution in [-0.4, -0.2) is 61.7 Å². The Bertz CT molecular complexity index is 1490. The van der Waals surface area contributed by atoms with Crippen LogP contribution in [0.25, 0.3) is 0 Å². The summed E-state index contributed by atoms with van der Waals surface area (Å²) in [5, 5.41) is -0.255. The first-order valence-corrected chi connectivity index (χ1v) is 15.9. The van der Waals surface area contributed by atoms with Crippen molar-refractivity contribution in [3.8, 4) is 5.75 Å². The summed E-state index contributed by atoms with van der Waals surface area (Å²) in [6.45, 7) is 4.26. The quantitative estimate of drug-likeness (QED) is 0.137.